The van der Waals surface area contributed by atoms with Crippen LogP contribution < -0.4 is 10.1 Å². The summed E-state index contributed by atoms with van der Waals surface area (Å²) in [5, 5.41) is 12.8. The number of ether oxygens (including phenoxy) is 1. The van der Waals surface area contributed by atoms with Gasteiger partial charge in [0.15, 0.2) is 6.61 Å². The van der Waals surface area contributed by atoms with Crippen molar-refractivity contribution in [2.75, 3.05) is 11.9 Å². The molecule has 1 N–H and O–H groups in total. The van der Waals surface area contributed by atoms with Crippen LogP contribution in [0.25, 0.3) is 0 Å². The highest BCUT2D eigenvalue weighted by molar-refractivity contribution is 7.15. The third-order valence-corrected chi connectivity index (χ3v) is 4.36. The number of halogens is 2. The van der Waals surface area contributed by atoms with E-state index >= 15 is 0 Å². The predicted molar refractivity (Wildman–Crippen MR) is 89.1 cm³/mol. The maximum Gasteiger partial charge on any atom is 0.264 e. The van der Waals surface area contributed by atoms with E-state index in [0.29, 0.717) is 20.9 Å². The Bertz CT molecular complexity index is 649. The van der Waals surface area contributed by atoms with Crippen molar-refractivity contribution in [1.29, 1.82) is 0 Å². The van der Waals surface area contributed by atoms with Gasteiger partial charge in [-0.3, -0.25) is 10.1 Å². The molecule has 0 saturated heterocycles. The molecule has 2 rings (SSSR count). The van der Waals surface area contributed by atoms with Crippen molar-refractivity contribution in [1.82, 2.24) is 10.2 Å². The highest BCUT2D eigenvalue weighted by atomic mass is 35.5. The molecule has 0 unspecified atom stereocenters. The van der Waals surface area contributed by atoms with Gasteiger partial charge in [0.25, 0.3) is 5.91 Å². The molecule has 0 bridgehead atoms. The molecular weight excluding hydrogens is 345 g/mol. The van der Waals surface area contributed by atoms with Crippen LogP contribution in [0.2, 0.25) is 10.0 Å². The van der Waals surface area contributed by atoms with Gasteiger partial charge in [0.05, 0.1) is 10.0 Å². The average Bonchev–Trinajstić information content (AvgIpc) is 2.94. The van der Waals surface area contributed by atoms with Crippen LogP contribution in [0.15, 0.2) is 18.2 Å². The van der Waals surface area contributed by atoms with Crippen molar-refractivity contribution in [2.24, 2.45) is 0 Å². The van der Waals surface area contributed by atoms with Crippen LogP contribution in [-0.2, 0) is 11.2 Å². The van der Waals surface area contributed by atoms with E-state index in [4.69, 9.17) is 27.9 Å². The largest absolute Gasteiger partial charge is 0.484 e. The minimum Gasteiger partial charge on any atom is -0.484 e. The number of aryl methyl sites for hydroxylation is 1. The zero-order chi connectivity index (χ0) is 15.9. The smallest absolute Gasteiger partial charge is 0.264 e. The normalized spacial score (nSPS) is 10.5. The second kappa shape index (κ2) is 8.31. The number of hydrogen-bond donors (Lipinski definition) is 1. The zero-order valence-electron chi connectivity index (χ0n) is 11.9. The van der Waals surface area contributed by atoms with Gasteiger partial charge in [0.1, 0.15) is 10.8 Å². The minimum atomic E-state index is -0.302. The lowest BCUT2D eigenvalue weighted by atomic mass is 10.3. The molecule has 0 radical (unpaired) electrons. The van der Waals surface area contributed by atoms with Crippen molar-refractivity contribution in [3.63, 3.8) is 0 Å². The van der Waals surface area contributed by atoms with Gasteiger partial charge < -0.3 is 4.74 Å². The standard InChI is InChI=1S/C14H15Cl2N3O2S/c1-2-3-4-13-18-19-14(22-13)17-12(20)8-21-9-5-6-10(15)11(16)7-9/h5-7H,2-4,8H2,1H3,(H,17,19,20). The van der Waals surface area contributed by atoms with Crippen molar-refractivity contribution >= 4 is 45.6 Å². The lowest BCUT2D eigenvalue weighted by Gasteiger charge is -2.06. The highest BCUT2D eigenvalue weighted by Gasteiger charge is 2.09. The number of aromatic nitrogens is 2. The Morgan fingerprint density at radius 2 is 2.14 bits per heavy atom. The molecular formula is C14H15Cl2N3O2S. The number of nitrogens with zero attached hydrogens (tertiary/aromatic N) is 2. The van der Waals surface area contributed by atoms with Gasteiger partial charge in [0, 0.05) is 12.5 Å². The summed E-state index contributed by atoms with van der Waals surface area (Å²) in [4.78, 5) is 11.8. The molecule has 1 amide bonds. The van der Waals surface area contributed by atoms with Crippen molar-refractivity contribution < 1.29 is 9.53 Å². The number of anilines is 1. The fraction of sp³-hybridized carbons (Fsp3) is 0.357. The van der Waals surface area contributed by atoms with E-state index in [1.807, 2.05) is 0 Å². The maximum atomic E-state index is 11.8. The predicted octanol–water partition coefficient (Wildman–Crippen LogP) is 4.21. The fourth-order valence-corrected chi connectivity index (χ4v) is 2.69. The van der Waals surface area contributed by atoms with Crippen LogP contribution in [0.1, 0.15) is 24.8 Å². The van der Waals surface area contributed by atoms with Crippen molar-refractivity contribution in [2.45, 2.75) is 26.2 Å². The van der Waals surface area contributed by atoms with Crippen LogP contribution in [0.4, 0.5) is 5.13 Å². The van der Waals surface area contributed by atoms with Crippen LogP contribution in [0.5, 0.6) is 5.75 Å². The monoisotopic (exact) mass is 359 g/mol. The van der Waals surface area contributed by atoms with Gasteiger partial charge in [-0.25, -0.2) is 0 Å². The van der Waals surface area contributed by atoms with Gasteiger partial charge in [-0.15, -0.1) is 10.2 Å². The maximum absolute atomic E-state index is 11.8. The van der Waals surface area contributed by atoms with Gasteiger partial charge >= 0.3 is 0 Å². The summed E-state index contributed by atoms with van der Waals surface area (Å²) in [5.41, 5.74) is 0. The van der Waals surface area contributed by atoms with Gasteiger partial charge in [-0.05, 0) is 18.6 Å². The number of rotatable bonds is 7. The minimum absolute atomic E-state index is 0.137. The van der Waals surface area contributed by atoms with E-state index in [0.717, 1.165) is 24.3 Å². The third-order valence-electron chi connectivity index (χ3n) is 2.72. The molecule has 0 saturated carbocycles. The molecule has 2 aromatic rings. The lowest BCUT2D eigenvalue weighted by molar-refractivity contribution is -0.118. The quantitative estimate of drug-likeness (QED) is 0.804. The number of hydrogen-bond acceptors (Lipinski definition) is 5. The number of nitrogens with one attached hydrogen (secondary N) is 1. The summed E-state index contributed by atoms with van der Waals surface area (Å²) in [6, 6.07) is 4.82. The van der Waals surface area contributed by atoms with Gasteiger partial charge in [-0.2, -0.15) is 0 Å². The average molecular weight is 360 g/mol. The Labute approximate surface area is 142 Å². The third kappa shape index (κ3) is 5.12. The van der Waals surface area contributed by atoms with E-state index in [-0.39, 0.29) is 12.5 Å². The van der Waals surface area contributed by atoms with Crippen LogP contribution in [0, 0.1) is 0 Å². The molecule has 1 heterocycles. The molecule has 0 aliphatic carbocycles. The topological polar surface area (TPSA) is 64.1 Å². The Balaban J connectivity index is 1.82. The second-order valence-corrected chi connectivity index (χ2v) is 6.39. The molecule has 0 fully saturated rings. The first-order valence-corrected chi connectivity index (χ1v) is 8.36. The van der Waals surface area contributed by atoms with E-state index in [1.165, 1.54) is 11.3 Å². The first-order valence-electron chi connectivity index (χ1n) is 6.78. The summed E-state index contributed by atoms with van der Waals surface area (Å²) < 4.78 is 5.35. The molecule has 8 heteroatoms. The molecule has 0 atom stereocenters. The number of carbonyl (C=O) groups excluding carboxylic acids is 1. The summed E-state index contributed by atoms with van der Waals surface area (Å²) in [7, 11) is 0. The molecule has 0 aliphatic rings. The molecule has 118 valence electrons. The zero-order valence-corrected chi connectivity index (χ0v) is 14.3. The van der Waals surface area contributed by atoms with E-state index < -0.39 is 0 Å². The summed E-state index contributed by atoms with van der Waals surface area (Å²) >= 11 is 13.1. The Hall–Kier alpha value is -1.37. The van der Waals surface area contributed by atoms with E-state index in [2.05, 4.69) is 22.4 Å². The summed E-state index contributed by atoms with van der Waals surface area (Å²) in [5.74, 6) is 0.176. The van der Waals surface area contributed by atoms with E-state index in [9.17, 15) is 4.79 Å². The first kappa shape index (κ1) is 17.0. The molecule has 0 aliphatic heterocycles. The second-order valence-electron chi connectivity index (χ2n) is 4.52. The lowest BCUT2D eigenvalue weighted by Crippen LogP contribution is -2.20. The number of unbranched alkanes of at least 4 members (excludes halogenated alkanes) is 1. The molecule has 22 heavy (non-hydrogen) atoms. The molecule has 1 aromatic heterocycles. The Kier molecular flexibility index (Phi) is 6.42. The molecule has 0 spiro atoms. The van der Waals surface area contributed by atoms with Crippen LogP contribution in [0.3, 0.4) is 0 Å². The van der Waals surface area contributed by atoms with Gasteiger partial charge in [0.2, 0.25) is 5.13 Å². The van der Waals surface area contributed by atoms with E-state index in [1.54, 1.807) is 18.2 Å². The Morgan fingerprint density at radius 1 is 1.32 bits per heavy atom. The molecule has 5 nitrogen and oxygen atoms in total. The SMILES string of the molecule is CCCCc1nnc(NC(=O)COc2ccc(Cl)c(Cl)c2)s1. The number of carbonyl (C=O) groups is 1. The van der Waals surface area contributed by atoms with Crippen LogP contribution in [-0.4, -0.2) is 22.7 Å². The first-order chi connectivity index (χ1) is 10.6. The number of amides is 1. The van der Waals surface area contributed by atoms with Crippen LogP contribution >= 0.6 is 34.5 Å². The Morgan fingerprint density at radius 3 is 2.86 bits per heavy atom. The summed E-state index contributed by atoms with van der Waals surface area (Å²) in [6.45, 7) is 1.98. The van der Waals surface area contributed by atoms with Gasteiger partial charge in [-0.1, -0.05) is 47.9 Å². The summed E-state index contributed by atoms with van der Waals surface area (Å²) in [6.07, 6.45) is 3.03. The van der Waals surface area contributed by atoms with Crippen molar-refractivity contribution in [3.8, 4) is 5.75 Å². The highest BCUT2D eigenvalue weighted by Crippen LogP contribution is 2.26. The fourth-order valence-electron chi connectivity index (χ4n) is 1.60. The number of benzene rings is 1. The van der Waals surface area contributed by atoms with Crippen molar-refractivity contribution in [3.05, 3.63) is 33.3 Å². The molecule has 1 aromatic carbocycles.